The fourth-order valence-corrected chi connectivity index (χ4v) is 3.58. The van der Waals surface area contributed by atoms with Gasteiger partial charge in [-0.2, -0.15) is 0 Å². The maximum absolute atomic E-state index is 4.53. The summed E-state index contributed by atoms with van der Waals surface area (Å²) in [6, 6.07) is 8.64. The Morgan fingerprint density at radius 1 is 1.33 bits per heavy atom. The van der Waals surface area contributed by atoms with Crippen molar-refractivity contribution in [3.63, 3.8) is 0 Å². The molecule has 0 radical (unpaired) electrons. The molecule has 2 heterocycles. The quantitative estimate of drug-likeness (QED) is 0.929. The fraction of sp³-hybridized carbons (Fsp3) is 0.471. The van der Waals surface area contributed by atoms with Gasteiger partial charge in [-0.15, -0.1) is 11.3 Å². The number of anilines is 1. The standard InChI is InChI=1S/C17H23N3S/c1-13-19-17(12-21-13)15-5-7-16(8-6-15)18-10-14-4-3-9-20(2)11-14/h5-8,12,14,18H,3-4,9-11H2,1-2H3. The molecule has 4 heteroatoms. The molecular weight excluding hydrogens is 278 g/mol. The number of piperidine rings is 1. The summed E-state index contributed by atoms with van der Waals surface area (Å²) >= 11 is 1.70. The molecule has 0 amide bonds. The first kappa shape index (κ1) is 14.5. The van der Waals surface area contributed by atoms with Crippen molar-refractivity contribution in [1.29, 1.82) is 0 Å². The maximum Gasteiger partial charge on any atom is 0.0901 e. The molecule has 3 rings (SSSR count). The first-order valence-electron chi connectivity index (χ1n) is 7.66. The van der Waals surface area contributed by atoms with Crippen molar-refractivity contribution in [1.82, 2.24) is 9.88 Å². The second-order valence-corrected chi connectivity index (χ2v) is 7.04. The van der Waals surface area contributed by atoms with Gasteiger partial charge in [0.15, 0.2) is 0 Å². The topological polar surface area (TPSA) is 28.2 Å². The summed E-state index contributed by atoms with van der Waals surface area (Å²) in [5.41, 5.74) is 3.49. The van der Waals surface area contributed by atoms with Crippen LogP contribution < -0.4 is 5.32 Å². The van der Waals surface area contributed by atoms with Crippen LogP contribution in [0.15, 0.2) is 29.6 Å². The molecule has 1 saturated heterocycles. The van der Waals surface area contributed by atoms with Crippen molar-refractivity contribution in [3.05, 3.63) is 34.7 Å². The lowest BCUT2D eigenvalue weighted by atomic mass is 9.98. The number of rotatable bonds is 4. The minimum Gasteiger partial charge on any atom is -0.385 e. The van der Waals surface area contributed by atoms with Crippen LogP contribution in [0.5, 0.6) is 0 Å². The van der Waals surface area contributed by atoms with Gasteiger partial charge < -0.3 is 10.2 Å². The highest BCUT2D eigenvalue weighted by Crippen LogP contribution is 2.23. The van der Waals surface area contributed by atoms with E-state index in [2.05, 4.69) is 51.9 Å². The predicted molar refractivity (Wildman–Crippen MR) is 91.0 cm³/mol. The lowest BCUT2D eigenvalue weighted by molar-refractivity contribution is 0.217. The Balaban J connectivity index is 1.57. The summed E-state index contributed by atoms with van der Waals surface area (Å²) in [6.07, 6.45) is 2.67. The molecule has 1 aromatic carbocycles. The molecule has 1 unspecified atom stereocenters. The van der Waals surface area contributed by atoms with Crippen LogP contribution in [0.1, 0.15) is 17.8 Å². The Labute approximate surface area is 131 Å². The lowest BCUT2D eigenvalue weighted by Crippen LogP contribution is -2.35. The largest absolute Gasteiger partial charge is 0.385 e. The third-order valence-corrected chi connectivity index (χ3v) is 4.89. The van der Waals surface area contributed by atoms with E-state index in [1.807, 2.05) is 6.92 Å². The summed E-state index contributed by atoms with van der Waals surface area (Å²) in [5, 5.41) is 6.81. The van der Waals surface area contributed by atoms with Gasteiger partial charge in [0, 0.05) is 29.7 Å². The van der Waals surface area contributed by atoms with Crippen LogP contribution >= 0.6 is 11.3 Å². The predicted octanol–water partition coefficient (Wildman–Crippen LogP) is 3.87. The average molecular weight is 301 g/mol. The zero-order valence-electron chi connectivity index (χ0n) is 12.8. The third-order valence-electron chi connectivity index (χ3n) is 4.12. The molecule has 21 heavy (non-hydrogen) atoms. The van der Waals surface area contributed by atoms with E-state index in [1.165, 1.54) is 37.2 Å². The van der Waals surface area contributed by atoms with Crippen molar-refractivity contribution in [2.75, 3.05) is 32.0 Å². The van der Waals surface area contributed by atoms with Gasteiger partial charge in [0.05, 0.1) is 10.7 Å². The van der Waals surface area contributed by atoms with Crippen LogP contribution in [0.25, 0.3) is 11.3 Å². The molecule has 1 aromatic heterocycles. The van der Waals surface area contributed by atoms with E-state index in [1.54, 1.807) is 11.3 Å². The Morgan fingerprint density at radius 3 is 2.81 bits per heavy atom. The molecule has 1 atom stereocenters. The monoisotopic (exact) mass is 301 g/mol. The lowest BCUT2D eigenvalue weighted by Gasteiger charge is -2.29. The van der Waals surface area contributed by atoms with Gasteiger partial charge in [0.2, 0.25) is 0 Å². The van der Waals surface area contributed by atoms with Gasteiger partial charge in [-0.05, 0) is 51.4 Å². The van der Waals surface area contributed by atoms with E-state index in [-0.39, 0.29) is 0 Å². The summed E-state index contributed by atoms with van der Waals surface area (Å²) in [4.78, 5) is 6.96. The molecule has 112 valence electrons. The molecule has 1 fully saturated rings. The summed E-state index contributed by atoms with van der Waals surface area (Å²) in [5.74, 6) is 0.768. The SMILES string of the molecule is Cc1nc(-c2ccc(NCC3CCCN(C)C3)cc2)cs1. The van der Waals surface area contributed by atoms with Gasteiger partial charge in [-0.3, -0.25) is 0 Å². The number of hydrogen-bond donors (Lipinski definition) is 1. The van der Waals surface area contributed by atoms with Gasteiger partial charge >= 0.3 is 0 Å². The van der Waals surface area contributed by atoms with Crippen LogP contribution in [0, 0.1) is 12.8 Å². The highest BCUT2D eigenvalue weighted by molar-refractivity contribution is 7.09. The van der Waals surface area contributed by atoms with Crippen molar-refractivity contribution in [3.8, 4) is 11.3 Å². The number of hydrogen-bond acceptors (Lipinski definition) is 4. The molecule has 3 nitrogen and oxygen atoms in total. The Kier molecular flexibility index (Phi) is 4.56. The molecule has 1 N–H and O–H groups in total. The van der Waals surface area contributed by atoms with Crippen LogP contribution in [-0.2, 0) is 0 Å². The summed E-state index contributed by atoms with van der Waals surface area (Å²) in [7, 11) is 2.22. The molecule has 0 bridgehead atoms. The second-order valence-electron chi connectivity index (χ2n) is 5.98. The third kappa shape index (κ3) is 3.83. The van der Waals surface area contributed by atoms with Gasteiger partial charge in [0.1, 0.15) is 0 Å². The maximum atomic E-state index is 4.53. The van der Waals surface area contributed by atoms with E-state index in [4.69, 9.17) is 0 Å². The van der Waals surface area contributed by atoms with Gasteiger partial charge in [-0.25, -0.2) is 4.98 Å². The molecule has 1 aliphatic rings. The van der Waals surface area contributed by atoms with Crippen molar-refractivity contribution in [2.24, 2.45) is 5.92 Å². The second kappa shape index (κ2) is 6.58. The first-order valence-corrected chi connectivity index (χ1v) is 8.53. The number of aromatic nitrogens is 1. The summed E-state index contributed by atoms with van der Waals surface area (Å²) < 4.78 is 0. The minimum absolute atomic E-state index is 0.768. The minimum atomic E-state index is 0.768. The van der Waals surface area contributed by atoms with Gasteiger partial charge in [-0.1, -0.05) is 12.1 Å². The Morgan fingerprint density at radius 2 is 2.14 bits per heavy atom. The smallest absolute Gasteiger partial charge is 0.0901 e. The number of aryl methyl sites for hydroxylation is 1. The summed E-state index contributed by atoms with van der Waals surface area (Å²) in [6.45, 7) is 5.58. The number of nitrogens with one attached hydrogen (secondary N) is 1. The van der Waals surface area contributed by atoms with Crippen molar-refractivity contribution in [2.45, 2.75) is 19.8 Å². The fourth-order valence-electron chi connectivity index (χ4n) is 2.96. The van der Waals surface area contributed by atoms with Crippen molar-refractivity contribution < 1.29 is 0 Å². The van der Waals surface area contributed by atoms with Crippen LogP contribution in [0.4, 0.5) is 5.69 Å². The van der Waals surface area contributed by atoms with Crippen LogP contribution in [-0.4, -0.2) is 36.6 Å². The van der Waals surface area contributed by atoms with E-state index in [9.17, 15) is 0 Å². The molecule has 1 aliphatic heterocycles. The molecule has 2 aromatic rings. The average Bonchev–Trinajstić information content (AvgIpc) is 2.92. The highest BCUT2D eigenvalue weighted by Gasteiger charge is 2.16. The molecule has 0 saturated carbocycles. The number of benzene rings is 1. The zero-order chi connectivity index (χ0) is 14.7. The Bertz CT molecular complexity index is 576. The van der Waals surface area contributed by atoms with E-state index in [0.717, 1.165) is 23.2 Å². The zero-order valence-corrected chi connectivity index (χ0v) is 13.6. The van der Waals surface area contributed by atoms with E-state index < -0.39 is 0 Å². The van der Waals surface area contributed by atoms with Crippen molar-refractivity contribution >= 4 is 17.0 Å². The normalized spacial score (nSPS) is 19.6. The van der Waals surface area contributed by atoms with Crippen LogP contribution in [0.3, 0.4) is 0 Å². The van der Waals surface area contributed by atoms with Gasteiger partial charge in [0.25, 0.3) is 0 Å². The molecular formula is C17H23N3S. The molecule has 0 aliphatic carbocycles. The van der Waals surface area contributed by atoms with Crippen LogP contribution in [0.2, 0.25) is 0 Å². The first-order chi connectivity index (χ1) is 10.2. The number of thiazole rings is 1. The highest BCUT2D eigenvalue weighted by atomic mass is 32.1. The van der Waals surface area contributed by atoms with E-state index >= 15 is 0 Å². The molecule has 0 spiro atoms. The number of likely N-dealkylation sites (tertiary alicyclic amines) is 1. The van der Waals surface area contributed by atoms with E-state index in [0.29, 0.717) is 0 Å². The number of nitrogens with zero attached hydrogens (tertiary/aromatic N) is 2. The Hall–Kier alpha value is -1.39.